The molecule has 202 valence electrons. The first-order valence-electron chi connectivity index (χ1n) is 12.1. The van der Waals surface area contributed by atoms with Crippen LogP contribution in [0.1, 0.15) is 40.0 Å². The number of pyridine rings is 1. The van der Waals surface area contributed by atoms with E-state index in [2.05, 4.69) is 19.5 Å². The number of carbonyl (C=O) groups is 2. The average molecular weight is 545 g/mol. The highest BCUT2D eigenvalue weighted by atomic mass is 31.2. The Morgan fingerprint density at radius 3 is 2.63 bits per heavy atom. The van der Waals surface area contributed by atoms with Crippen molar-refractivity contribution in [3.63, 3.8) is 0 Å². The molecule has 0 amide bonds. The fraction of sp³-hybridized carbons (Fsp3) is 0.360. The topological polar surface area (TPSA) is 153 Å². The molecule has 0 atom stereocenters. The van der Waals surface area contributed by atoms with Gasteiger partial charge in [0.25, 0.3) is 0 Å². The number of carbonyl (C=O) groups excluding carboxylic acids is 2. The van der Waals surface area contributed by atoms with Crippen molar-refractivity contribution < 1.29 is 37.9 Å². The first-order chi connectivity index (χ1) is 18.4. The summed E-state index contributed by atoms with van der Waals surface area (Å²) in [7, 11) is -4.87. The largest absolute Gasteiger partial charge is 0.524 e. The quantitative estimate of drug-likeness (QED) is 0.197. The van der Waals surface area contributed by atoms with Crippen LogP contribution < -0.4 is 9.26 Å². The molecule has 1 aliphatic rings. The second kappa shape index (κ2) is 12.9. The number of phosphoric acid groups is 1. The van der Waals surface area contributed by atoms with Gasteiger partial charge in [0.2, 0.25) is 5.91 Å². The van der Waals surface area contributed by atoms with Gasteiger partial charge in [-0.15, -0.1) is 0 Å². The minimum Gasteiger partial charge on any atom is -0.488 e. The molecule has 1 fully saturated rings. The summed E-state index contributed by atoms with van der Waals surface area (Å²) >= 11 is 0. The smallest absolute Gasteiger partial charge is 0.488 e. The van der Waals surface area contributed by atoms with Crippen molar-refractivity contribution in [2.45, 2.75) is 25.9 Å². The predicted molar refractivity (Wildman–Crippen MR) is 136 cm³/mol. The molecule has 0 aliphatic carbocycles. The van der Waals surface area contributed by atoms with Gasteiger partial charge in [-0.05, 0) is 43.7 Å². The lowest BCUT2D eigenvalue weighted by Gasteiger charge is -2.26. The van der Waals surface area contributed by atoms with Crippen LogP contribution in [0.15, 0.2) is 48.8 Å². The maximum atomic E-state index is 13.0. The molecule has 3 heterocycles. The lowest BCUT2D eigenvalue weighted by molar-refractivity contribution is 0.0370. The summed E-state index contributed by atoms with van der Waals surface area (Å²) in [6, 6.07) is 9.37. The fourth-order valence-electron chi connectivity index (χ4n) is 4.14. The van der Waals surface area contributed by atoms with Crippen LogP contribution in [-0.2, 0) is 15.9 Å². The third-order valence-electron chi connectivity index (χ3n) is 5.98. The van der Waals surface area contributed by atoms with Crippen molar-refractivity contribution in [3.05, 3.63) is 59.9 Å². The van der Waals surface area contributed by atoms with E-state index >= 15 is 0 Å². The summed E-state index contributed by atoms with van der Waals surface area (Å²) in [5, 5.41) is 4.22. The highest BCUT2D eigenvalue weighted by Gasteiger charge is 2.21. The van der Waals surface area contributed by atoms with Crippen LogP contribution >= 0.6 is 7.82 Å². The Balaban J connectivity index is 1.44. The molecule has 2 N–H and O–H groups in total. The number of benzene rings is 1. The number of nitrogens with zero attached hydrogens (tertiary/aromatic N) is 4. The Kier molecular flexibility index (Phi) is 9.38. The molecule has 0 unspecified atom stereocenters. The van der Waals surface area contributed by atoms with Crippen molar-refractivity contribution in [2.24, 2.45) is 0 Å². The number of hydrogen-bond donors (Lipinski definition) is 2. The second-order valence-electron chi connectivity index (χ2n) is 8.60. The van der Waals surface area contributed by atoms with Crippen LogP contribution in [-0.4, -0.2) is 74.5 Å². The van der Waals surface area contributed by atoms with E-state index < -0.39 is 7.82 Å². The highest BCUT2D eigenvalue weighted by molar-refractivity contribution is 7.46. The van der Waals surface area contributed by atoms with E-state index in [0.29, 0.717) is 29.7 Å². The van der Waals surface area contributed by atoms with E-state index in [0.717, 1.165) is 45.7 Å². The van der Waals surface area contributed by atoms with Gasteiger partial charge in [0.15, 0.2) is 6.29 Å². The molecule has 0 spiro atoms. The number of aldehydes is 1. The van der Waals surface area contributed by atoms with Crippen molar-refractivity contribution in [1.82, 2.24) is 19.7 Å². The van der Waals surface area contributed by atoms with Gasteiger partial charge in [0, 0.05) is 31.3 Å². The molecular formula is C25H29N4O8P. The molecular weight excluding hydrogens is 515 g/mol. The van der Waals surface area contributed by atoms with Gasteiger partial charge in [-0.1, -0.05) is 12.1 Å². The number of rotatable bonds is 12. The summed E-state index contributed by atoms with van der Waals surface area (Å²) < 4.78 is 28.4. The Morgan fingerprint density at radius 2 is 1.87 bits per heavy atom. The zero-order valence-electron chi connectivity index (χ0n) is 20.6. The Labute approximate surface area is 219 Å². The van der Waals surface area contributed by atoms with Gasteiger partial charge in [0.1, 0.15) is 18.1 Å². The minimum absolute atomic E-state index is 0.0394. The summed E-state index contributed by atoms with van der Waals surface area (Å²) in [5.74, 6) is -0.366. The number of phosphoric ester groups is 1. The molecule has 1 aromatic carbocycles. The summed E-state index contributed by atoms with van der Waals surface area (Å²) in [4.78, 5) is 49.6. The van der Waals surface area contributed by atoms with E-state index in [9.17, 15) is 14.2 Å². The number of morpholine rings is 1. The lowest BCUT2D eigenvalue weighted by Crippen LogP contribution is -2.36. The standard InChI is InChI=1S/C25H29N4O8P/c30-17-20-22(6-3-7-23(20)37-38(32,33)34)36-18-19-5-4-10-26-25(19)21-9-11-27-29(21)24(31)8-1-2-12-28-13-15-35-16-14-28/h3-7,9-11,17H,1-2,8,12-16,18H2,(H2,32,33,34). The molecule has 13 heteroatoms. The molecule has 1 aliphatic heterocycles. The van der Waals surface area contributed by atoms with Crippen LogP contribution in [0.2, 0.25) is 0 Å². The molecule has 3 aromatic rings. The van der Waals surface area contributed by atoms with E-state index in [-0.39, 0.29) is 29.6 Å². The van der Waals surface area contributed by atoms with E-state index in [1.807, 2.05) is 0 Å². The average Bonchev–Trinajstić information content (AvgIpc) is 3.40. The van der Waals surface area contributed by atoms with Gasteiger partial charge < -0.3 is 14.0 Å². The molecule has 38 heavy (non-hydrogen) atoms. The number of ether oxygens (including phenoxy) is 2. The SMILES string of the molecule is O=Cc1c(OCc2cccnc2-c2ccnn2C(=O)CCCCN2CCOCC2)cccc1OP(=O)(O)O. The second-order valence-corrected chi connectivity index (χ2v) is 9.76. The summed E-state index contributed by atoms with van der Waals surface area (Å²) in [6.45, 7) is 4.20. The fourth-order valence-corrected chi connectivity index (χ4v) is 4.55. The van der Waals surface area contributed by atoms with Crippen LogP contribution in [0.3, 0.4) is 0 Å². The highest BCUT2D eigenvalue weighted by Crippen LogP contribution is 2.41. The molecule has 0 bridgehead atoms. The van der Waals surface area contributed by atoms with Crippen LogP contribution in [0, 0.1) is 0 Å². The number of aromatic nitrogens is 3. The Bertz CT molecular complexity index is 1300. The van der Waals surface area contributed by atoms with E-state index in [4.69, 9.17) is 19.3 Å². The van der Waals surface area contributed by atoms with Gasteiger partial charge in [-0.2, -0.15) is 9.78 Å². The van der Waals surface area contributed by atoms with Crippen molar-refractivity contribution >= 4 is 20.0 Å². The number of hydrogen-bond acceptors (Lipinski definition) is 9. The molecule has 0 saturated carbocycles. The predicted octanol–water partition coefficient (Wildman–Crippen LogP) is 2.95. The minimum atomic E-state index is -4.87. The molecule has 1 saturated heterocycles. The van der Waals surface area contributed by atoms with Crippen molar-refractivity contribution in [3.8, 4) is 22.9 Å². The third-order valence-corrected chi connectivity index (χ3v) is 6.41. The summed E-state index contributed by atoms with van der Waals surface area (Å²) in [5.41, 5.74) is 1.48. The normalized spacial score (nSPS) is 14.3. The molecule has 12 nitrogen and oxygen atoms in total. The Hall–Kier alpha value is -3.41. The molecule has 0 radical (unpaired) electrons. The summed E-state index contributed by atoms with van der Waals surface area (Å²) in [6.07, 6.45) is 5.50. The van der Waals surface area contributed by atoms with Gasteiger partial charge in [-0.3, -0.25) is 29.3 Å². The third kappa shape index (κ3) is 7.33. The van der Waals surface area contributed by atoms with Crippen LogP contribution in [0.5, 0.6) is 11.5 Å². The Morgan fingerprint density at radius 1 is 1.08 bits per heavy atom. The van der Waals surface area contributed by atoms with Gasteiger partial charge >= 0.3 is 7.82 Å². The maximum absolute atomic E-state index is 13.0. The van der Waals surface area contributed by atoms with E-state index in [1.165, 1.54) is 29.1 Å². The maximum Gasteiger partial charge on any atom is 0.524 e. The molecule has 4 rings (SSSR count). The monoisotopic (exact) mass is 544 g/mol. The number of unbranched alkanes of at least 4 members (excludes halogenated alkanes) is 1. The van der Waals surface area contributed by atoms with Gasteiger partial charge in [-0.25, -0.2) is 4.57 Å². The zero-order valence-corrected chi connectivity index (χ0v) is 21.5. The first-order valence-corrected chi connectivity index (χ1v) is 13.7. The van der Waals surface area contributed by atoms with Crippen molar-refractivity contribution in [2.75, 3.05) is 32.8 Å². The zero-order chi connectivity index (χ0) is 27.0. The van der Waals surface area contributed by atoms with Crippen LogP contribution in [0.4, 0.5) is 0 Å². The van der Waals surface area contributed by atoms with E-state index in [1.54, 1.807) is 24.4 Å². The molecule has 2 aromatic heterocycles. The van der Waals surface area contributed by atoms with Crippen LogP contribution in [0.25, 0.3) is 11.4 Å². The lowest BCUT2D eigenvalue weighted by atomic mass is 10.1. The first kappa shape index (κ1) is 27.6. The van der Waals surface area contributed by atoms with Gasteiger partial charge in [0.05, 0.1) is 36.4 Å². The van der Waals surface area contributed by atoms with Crippen molar-refractivity contribution in [1.29, 1.82) is 0 Å².